The van der Waals surface area contributed by atoms with E-state index in [1.165, 1.54) is 0 Å². The van der Waals surface area contributed by atoms with Crippen molar-refractivity contribution in [2.45, 2.75) is 26.8 Å². The summed E-state index contributed by atoms with van der Waals surface area (Å²) in [5.74, 6) is 1.76. The highest BCUT2D eigenvalue weighted by Gasteiger charge is 2.08. The van der Waals surface area contributed by atoms with Gasteiger partial charge >= 0.3 is 0 Å². The molecule has 0 amide bonds. The van der Waals surface area contributed by atoms with Crippen LogP contribution >= 0.6 is 27.3 Å². The molecule has 2 aromatic heterocycles. The van der Waals surface area contributed by atoms with Crippen molar-refractivity contribution in [3.05, 3.63) is 32.6 Å². The molecule has 0 aliphatic carbocycles. The quantitative estimate of drug-likeness (QED) is 0.809. The maximum absolute atomic E-state index is 4.52. The molecule has 0 N–H and O–H groups in total. The molecule has 0 aliphatic rings. The number of hydrogen-bond donors (Lipinski definition) is 0. The van der Waals surface area contributed by atoms with Crippen LogP contribution in [0.4, 0.5) is 5.82 Å². The zero-order chi connectivity index (χ0) is 13.1. The van der Waals surface area contributed by atoms with Gasteiger partial charge in [0.2, 0.25) is 0 Å². The van der Waals surface area contributed by atoms with Crippen molar-refractivity contribution in [1.82, 2.24) is 15.0 Å². The largest absolute Gasteiger partial charge is 0.354 e. The van der Waals surface area contributed by atoms with Crippen molar-refractivity contribution in [3.8, 4) is 0 Å². The minimum Gasteiger partial charge on any atom is -0.354 e. The third-order valence-electron chi connectivity index (χ3n) is 2.50. The van der Waals surface area contributed by atoms with E-state index in [2.05, 4.69) is 48.1 Å². The molecule has 96 valence electrons. The number of nitrogens with zero attached hydrogens (tertiary/aromatic N) is 4. The van der Waals surface area contributed by atoms with Gasteiger partial charge in [-0.25, -0.2) is 15.0 Å². The van der Waals surface area contributed by atoms with E-state index in [1.54, 1.807) is 11.3 Å². The normalized spacial score (nSPS) is 10.7. The van der Waals surface area contributed by atoms with Crippen molar-refractivity contribution in [3.63, 3.8) is 0 Å². The fourth-order valence-electron chi connectivity index (χ4n) is 1.61. The van der Waals surface area contributed by atoms with Crippen LogP contribution in [0.25, 0.3) is 0 Å². The first kappa shape index (κ1) is 13.4. The summed E-state index contributed by atoms with van der Waals surface area (Å²) in [7, 11) is 2.02. The molecule has 4 nitrogen and oxygen atoms in total. The van der Waals surface area contributed by atoms with Gasteiger partial charge in [-0.2, -0.15) is 0 Å². The van der Waals surface area contributed by atoms with Gasteiger partial charge in [-0.05, 0) is 22.9 Å². The van der Waals surface area contributed by atoms with E-state index in [0.29, 0.717) is 0 Å². The van der Waals surface area contributed by atoms with Gasteiger partial charge in [-0.3, -0.25) is 0 Å². The monoisotopic (exact) mass is 326 g/mol. The number of aryl methyl sites for hydroxylation is 2. The van der Waals surface area contributed by atoms with E-state index >= 15 is 0 Å². The Morgan fingerprint density at radius 2 is 2.11 bits per heavy atom. The van der Waals surface area contributed by atoms with E-state index in [-0.39, 0.29) is 0 Å². The molecule has 18 heavy (non-hydrogen) atoms. The zero-order valence-corrected chi connectivity index (χ0v) is 13.0. The predicted octanol–water partition coefficient (Wildman–Crippen LogP) is 3.20. The van der Waals surface area contributed by atoms with Gasteiger partial charge in [-0.15, -0.1) is 11.3 Å². The molecule has 0 fully saturated rings. The summed E-state index contributed by atoms with van der Waals surface area (Å²) >= 11 is 5.09. The summed E-state index contributed by atoms with van der Waals surface area (Å²) in [6.07, 6.45) is 0.829. The average Bonchev–Trinajstić information content (AvgIpc) is 2.73. The second kappa shape index (κ2) is 5.75. The first-order chi connectivity index (χ1) is 8.58. The van der Waals surface area contributed by atoms with Crippen LogP contribution < -0.4 is 4.90 Å². The topological polar surface area (TPSA) is 41.9 Å². The smallest absolute Gasteiger partial charge is 0.133 e. The summed E-state index contributed by atoms with van der Waals surface area (Å²) in [5.41, 5.74) is 1.08. The van der Waals surface area contributed by atoms with Gasteiger partial charge in [0.25, 0.3) is 0 Å². The fraction of sp³-hybridized carbons (Fsp3) is 0.417. The molecule has 0 aromatic carbocycles. The number of hydrogen-bond acceptors (Lipinski definition) is 5. The molecule has 0 saturated carbocycles. The first-order valence-corrected chi connectivity index (χ1v) is 7.41. The summed E-state index contributed by atoms with van der Waals surface area (Å²) in [6, 6.07) is 1.93. The number of anilines is 1. The molecule has 0 unspecified atom stereocenters. The molecule has 6 heteroatoms. The Morgan fingerprint density at radius 3 is 2.72 bits per heavy atom. The summed E-state index contributed by atoms with van der Waals surface area (Å²) in [4.78, 5) is 15.4. The molecule has 0 saturated heterocycles. The Kier molecular flexibility index (Phi) is 4.29. The van der Waals surface area contributed by atoms with Gasteiger partial charge < -0.3 is 4.90 Å². The third-order valence-corrected chi connectivity index (χ3v) is 3.73. The van der Waals surface area contributed by atoms with Crippen LogP contribution in [0.2, 0.25) is 0 Å². The molecule has 2 rings (SSSR count). The summed E-state index contributed by atoms with van der Waals surface area (Å²) in [5, 5.41) is 3.18. The van der Waals surface area contributed by atoms with Crippen LogP contribution in [0.1, 0.15) is 23.4 Å². The van der Waals surface area contributed by atoms with Crippen LogP contribution in [-0.4, -0.2) is 22.0 Å². The van der Waals surface area contributed by atoms with E-state index in [1.807, 2.05) is 20.0 Å². The second-order valence-corrected chi connectivity index (χ2v) is 5.91. The lowest BCUT2D eigenvalue weighted by molar-refractivity contribution is 0.838. The summed E-state index contributed by atoms with van der Waals surface area (Å²) < 4.78 is 0.825. The zero-order valence-electron chi connectivity index (χ0n) is 10.6. The van der Waals surface area contributed by atoms with Gasteiger partial charge in [0.15, 0.2) is 0 Å². The first-order valence-electron chi connectivity index (χ1n) is 5.74. The van der Waals surface area contributed by atoms with Crippen molar-refractivity contribution >= 4 is 33.1 Å². The molecule has 2 aromatic rings. The lowest BCUT2D eigenvalue weighted by Crippen LogP contribution is -2.18. The second-order valence-electron chi connectivity index (χ2n) is 4.03. The highest BCUT2D eigenvalue weighted by Crippen LogP contribution is 2.18. The Labute approximate surface area is 119 Å². The maximum Gasteiger partial charge on any atom is 0.133 e. The number of thiazole rings is 1. The maximum atomic E-state index is 4.52. The van der Waals surface area contributed by atoms with E-state index in [0.717, 1.165) is 39.9 Å². The standard InChI is InChI=1S/C12H15BrN4S/c1-4-11-15-10(13)5-12(16-11)17(3)6-9-7-18-8(2)14-9/h5,7H,4,6H2,1-3H3. The minimum absolute atomic E-state index is 0.761. The molecule has 0 spiro atoms. The minimum atomic E-state index is 0.761. The molecule has 0 radical (unpaired) electrons. The van der Waals surface area contributed by atoms with E-state index < -0.39 is 0 Å². The van der Waals surface area contributed by atoms with Crippen LogP contribution in [-0.2, 0) is 13.0 Å². The molecular formula is C12H15BrN4S. The van der Waals surface area contributed by atoms with Crippen LogP contribution in [0.15, 0.2) is 16.0 Å². The molecule has 0 atom stereocenters. The Balaban J connectivity index is 2.17. The van der Waals surface area contributed by atoms with Crippen molar-refractivity contribution < 1.29 is 0 Å². The average molecular weight is 327 g/mol. The number of rotatable bonds is 4. The molecular weight excluding hydrogens is 312 g/mol. The van der Waals surface area contributed by atoms with Gasteiger partial charge in [0, 0.05) is 24.9 Å². The van der Waals surface area contributed by atoms with E-state index in [9.17, 15) is 0 Å². The van der Waals surface area contributed by atoms with Gasteiger partial charge in [0.1, 0.15) is 16.2 Å². The van der Waals surface area contributed by atoms with Crippen LogP contribution in [0.5, 0.6) is 0 Å². The molecule has 2 heterocycles. The highest BCUT2D eigenvalue weighted by molar-refractivity contribution is 9.10. The van der Waals surface area contributed by atoms with Crippen molar-refractivity contribution in [1.29, 1.82) is 0 Å². The van der Waals surface area contributed by atoms with Crippen molar-refractivity contribution in [2.24, 2.45) is 0 Å². The lowest BCUT2D eigenvalue weighted by Gasteiger charge is -2.17. The van der Waals surface area contributed by atoms with Crippen LogP contribution in [0, 0.1) is 6.92 Å². The Hall–Kier alpha value is -1.01. The Bertz CT molecular complexity index is 541. The number of aromatic nitrogens is 3. The fourth-order valence-corrected chi connectivity index (χ4v) is 2.62. The van der Waals surface area contributed by atoms with Gasteiger partial charge in [0.05, 0.1) is 17.2 Å². The van der Waals surface area contributed by atoms with Crippen molar-refractivity contribution in [2.75, 3.05) is 11.9 Å². The van der Waals surface area contributed by atoms with Gasteiger partial charge in [-0.1, -0.05) is 6.92 Å². The number of halogens is 1. The third kappa shape index (κ3) is 3.26. The Morgan fingerprint density at radius 1 is 1.33 bits per heavy atom. The summed E-state index contributed by atoms with van der Waals surface area (Å²) in [6.45, 7) is 4.83. The van der Waals surface area contributed by atoms with E-state index in [4.69, 9.17) is 0 Å². The lowest BCUT2D eigenvalue weighted by atomic mass is 10.4. The highest BCUT2D eigenvalue weighted by atomic mass is 79.9. The SMILES string of the molecule is CCc1nc(Br)cc(N(C)Cc2csc(C)n2)n1. The predicted molar refractivity (Wildman–Crippen MR) is 78.1 cm³/mol. The molecule has 0 bridgehead atoms. The molecule has 0 aliphatic heterocycles. The van der Waals surface area contributed by atoms with Crippen LogP contribution in [0.3, 0.4) is 0 Å².